The van der Waals surface area contributed by atoms with Gasteiger partial charge in [-0.05, 0) is 17.7 Å². The zero-order valence-electron chi connectivity index (χ0n) is 10.5. The molecule has 0 aliphatic carbocycles. The van der Waals surface area contributed by atoms with E-state index in [-0.39, 0.29) is 11.6 Å². The molecule has 0 saturated heterocycles. The second-order valence-corrected chi connectivity index (χ2v) is 4.39. The monoisotopic (exact) mass is 311 g/mol. The van der Waals surface area contributed by atoms with Crippen LogP contribution in [0.5, 0.6) is 5.75 Å². The SMILES string of the molecule is COc1cc(COCC(F)(F)C(F)F)ccc1C(N)=S. The summed E-state index contributed by atoms with van der Waals surface area (Å²) in [6, 6.07) is 4.58. The Balaban J connectivity index is 2.68. The van der Waals surface area contributed by atoms with Crippen molar-refractivity contribution >= 4 is 17.2 Å². The van der Waals surface area contributed by atoms with Gasteiger partial charge in [0.15, 0.2) is 0 Å². The summed E-state index contributed by atoms with van der Waals surface area (Å²) in [5.41, 5.74) is 6.44. The maximum absolute atomic E-state index is 12.6. The molecular weight excluding hydrogens is 298 g/mol. The second kappa shape index (κ2) is 6.85. The zero-order chi connectivity index (χ0) is 15.3. The Bertz CT molecular complexity index is 483. The van der Waals surface area contributed by atoms with Gasteiger partial charge in [0.25, 0.3) is 0 Å². The Morgan fingerprint density at radius 2 is 2.05 bits per heavy atom. The molecule has 3 nitrogen and oxygen atoms in total. The molecule has 0 aliphatic rings. The quantitative estimate of drug-likeness (QED) is 0.621. The van der Waals surface area contributed by atoms with Crippen LogP contribution < -0.4 is 10.5 Å². The molecule has 0 heterocycles. The van der Waals surface area contributed by atoms with E-state index in [0.717, 1.165) is 0 Å². The molecule has 0 bridgehead atoms. The summed E-state index contributed by atoms with van der Waals surface area (Å²) in [5.74, 6) is -3.80. The molecule has 1 aromatic rings. The molecule has 0 unspecified atom stereocenters. The van der Waals surface area contributed by atoms with Crippen molar-refractivity contribution in [1.82, 2.24) is 0 Å². The number of nitrogens with two attached hydrogens (primary N) is 1. The van der Waals surface area contributed by atoms with Gasteiger partial charge in [0.1, 0.15) is 17.3 Å². The highest BCUT2D eigenvalue weighted by atomic mass is 32.1. The fourth-order valence-electron chi connectivity index (χ4n) is 1.40. The number of ether oxygens (including phenoxy) is 2. The fraction of sp³-hybridized carbons (Fsp3) is 0.417. The Labute approximate surface area is 118 Å². The van der Waals surface area contributed by atoms with Crippen molar-refractivity contribution in [2.24, 2.45) is 5.73 Å². The van der Waals surface area contributed by atoms with Gasteiger partial charge in [0.2, 0.25) is 0 Å². The average Bonchev–Trinajstić information content (AvgIpc) is 2.37. The number of alkyl halides is 4. The Kier molecular flexibility index (Phi) is 5.70. The lowest BCUT2D eigenvalue weighted by Crippen LogP contribution is -2.32. The van der Waals surface area contributed by atoms with Gasteiger partial charge in [-0.15, -0.1) is 0 Å². The zero-order valence-corrected chi connectivity index (χ0v) is 11.4. The van der Waals surface area contributed by atoms with Crippen LogP contribution in [0, 0.1) is 0 Å². The minimum absolute atomic E-state index is 0.124. The molecule has 0 aliphatic heterocycles. The summed E-state index contributed by atoms with van der Waals surface area (Å²) < 4.78 is 58.7. The topological polar surface area (TPSA) is 44.5 Å². The lowest BCUT2D eigenvalue weighted by Gasteiger charge is -2.15. The van der Waals surface area contributed by atoms with E-state index in [1.54, 1.807) is 6.07 Å². The standard InChI is InChI=1S/C12H13F4NO2S/c1-18-9-4-7(2-3-8(9)10(17)20)5-19-6-12(15,16)11(13)14/h2-4,11H,5-6H2,1H3,(H2,17,20). The summed E-state index contributed by atoms with van der Waals surface area (Å²) in [4.78, 5) is 0.124. The van der Waals surface area contributed by atoms with Gasteiger partial charge < -0.3 is 15.2 Å². The lowest BCUT2D eigenvalue weighted by molar-refractivity contribution is -0.168. The Hall–Kier alpha value is -1.41. The number of thiocarbonyl (C=S) groups is 1. The number of methoxy groups -OCH3 is 1. The predicted molar refractivity (Wildman–Crippen MR) is 69.5 cm³/mol. The molecule has 112 valence electrons. The Morgan fingerprint density at radius 1 is 1.40 bits per heavy atom. The molecule has 8 heteroatoms. The summed E-state index contributed by atoms with van der Waals surface area (Å²) in [6.07, 6.45) is -3.76. The van der Waals surface area contributed by atoms with Crippen LogP contribution in [-0.4, -0.2) is 31.1 Å². The molecule has 0 spiro atoms. The first-order chi connectivity index (χ1) is 9.27. The highest BCUT2D eigenvalue weighted by molar-refractivity contribution is 7.80. The number of hydrogen-bond donors (Lipinski definition) is 1. The van der Waals surface area contributed by atoms with Crippen molar-refractivity contribution in [3.8, 4) is 5.75 Å². The van der Waals surface area contributed by atoms with Gasteiger partial charge in [-0.2, -0.15) is 8.78 Å². The van der Waals surface area contributed by atoms with E-state index in [1.165, 1.54) is 19.2 Å². The summed E-state index contributed by atoms with van der Waals surface area (Å²) in [7, 11) is 1.40. The minimum atomic E-state index is -4.16. The number of rotatable bonds is 7. The molecule has 0 aromatic heterocycles. The van der Waals surface area contributed by atoms with E-state index in [4.69, 9.17) is 22.7 Å². The van der Waals surface area contributed by atoms with E-state index in [2.05, 4.69) is 4.74 Å². The fourth-order valence-corrected chi connectivity index (χ4v) is 1.57. The van der Waals surface area contributed by atoms with Crippen molar-refractivity contribution in [1.29, 1.82) is 0 Å². The third kappa shape index (κ3) is 4.31. The van der Waals surface area contributed by atoms with Crippen LogP contribution in [0.2, 0.25) is 0 Å². The first-order valence-corrected chi connectivity index (χ1v) is 5.89. The van der Waals surface area contributed by atoms with Crippen LogP contribution in [0.15, 0.2) is 18.2 Å². The smallest absolute Gasteiger partial charge is 0.330 e. The van der Waals surface area contributed by atoms with Gasteiger partial charge in [-0.3, -0.25) is 0 Å². The number of hydrogen-bond acceptors (Lipinski definition) is 3. The molecule has 0 saturated carbocycles. The third-order valence-corrected chi connectivity index (χ3v) is 2.63. The van der Waals surface area contributed by atoms with E-state index in [1.807, 2.05) is 0 Å². The normalized spacial score (nSPS) is 11.7. The van der Waals surface area contributed by atoms with E-state index in [9.17, 15) is 17.6 Å². The second-order valence-electron chi connectivity index (χ2n) is 3.95. The third-order valence-electron chi connectivity index (χ3n) is 2.41. The molecule has 0 radical (unpaired) electrons. The van der Waals surface area contributed by atoms with Crippen LogP contribution in [0.3, 0.4) is 0 Å². The predicted octanol–water partition coefficient (Wildman–Crippen LogP) is 2.75. The first-order valence-electron chi connectivity index (χ1n) is 5.48. The summed E-state index contributed by atoms with van der Waals surface area (Å²) >= 11 is 4.81. The van der Waals surface area contributed by atoms with E-state index >= 15 is 0 Å². The van der Waals surface area contributed by atoms with Gasteiger partial charge in [-0.1, -0.05) is 18.3 Å². The maximum Gasteiger partial charge on any atom is 0.330 e. The molecule has 0 amide bonds. The van der Waals surface area contributed by atoms with Gasteiger partial charge >= 0.3 is 12.3 Å². The van der Waals surface area contributed by atoms with Crippen LogP contribution >= 0.6 is 12.2 Å². The highest BCUT2D eigenvalue weighted by Gasteiger charge is 2.40. The molecule has 20 heavy (non-hydrogen) atoms. The molecule has 2 N–H and O–H groups in total. The molecule has 1 rings (SSSR count). The molecule has 0 atom stereocenters. The Morgan fingerprint density at radius 3 is 2.55 bits per heavy atom. The van der Waals surface area contributed by atoms with Crippen LogP contribution in [0.25, 0.3) is 0 Å². The van der Waals surface area contributed by atoms with Crippen molar-refractivity contribution in [3.05, 3.63) is 29.3 Å². The summed E-state index contributed by atoms with van der Waals surface area (Å²) in [5, 5.41) is 0. The summed E-state index contributed by atoms with van der Waals surface area (Å²) in [6.45, 7) is -1.61. The van der Waals surface area contributed by atoms with Crippen molar-refractivity contribution in [2.75, 3.05) is 13.7 Å². The van der Waals surface area contributed by atoms with E-state index in [0.29, 0.717) is 16.9 Å². The number of halogens is 4. The van der Waals surface area contributed by atoms with E-state index < -0.39 is 19.0 Å². The first kappa shape index (κ1) is 16.6. The van der Waals surface area contributed by atoms with Gasteiger partial charge in [0, 0.05) is 0 Å². The largest absolute Gasteiger partial charge is 0.496 e. The van der Waals surface area contributed by atoms with Crippen LogP contribution in [0.4, 0.5) is 17.6 Å². The minimum Gasteiger partial charge on any atom is -0.496 e. The van der Waals surface area contributed by atoms with Crippen molar-refractivity contribution in [3.63, 3.8) is 0 Å². The number of benzene rings is 1. The lowest BCUT2D eigenvalue weighted by atomic mass is 10.1. The molecule has 1 aromatic carbocycles. The van der Waals surface area contributed by atoms with Crippen molar-refractivity contribution in [2.45, 2.75) is 19.0 Å². The van der Waals surface area contributed by atoms with Crippen LogP contribution in [-0.2, 0) is 11.3 Å². The average molecular weight is 311 g/mol. The molecule has 0 fully saturated rings. The molecular formula is C12H13F4NO2S. The maximum atomic E-state index is 12.6. The van der Waals surface area contributed by atoms with Gasteiger partial charge in [-0.25, -0.2) is 8.78 Å². The van der Waals surface area contributed by atoms with Crippen molar-refractivity contribution < 1.29 is 27.0 Å². The van der Waals surface area contributed by atoms with Gasteiger partial charge in [0.05, 0.1) is 19.3 Å². The van der Waals surface area contributed by atoms with Crippen LogP contribution in [0.1, 0.15) is 11.1 Å². The highest BCUT2D eigenvalue weighted by Crippen LogP contribution is 2.24.